The average Bonchev–Trinajstić information content (AvgIpc) is 2.69. The molecule has 6 heteroatoms. The van der Waals surface area contributed by atoms with E-state index in [1.165, 1.54) is 12.1 Å². The number of sulfonamides is 1. The molecule has 0 amide bonds. The van der Waals surface area contributed by atoms with Crippen LogP contribution in [0.5, 0.6) is 0 Å². The number of aryl methyl sites for hydroxylation is 1. The molecule has 4 nitrogen and oxygen atoms in total. The maximum Gasteiger partial charge on any atom is 0.240 e. The molecule has 0 heterocycles. The Hall–Kier alpha value is -2.34. The van der Waals surface area contributed by atoms with Gasteiger partial charge in [0.05, 0.1) is 10.9 Å². The predicted octanol–water partition coefficient (Wildman–Crippen LogP) is 4.80. The Morgan fingerprint density at radius 2 is 1.64 bits per heavy atom. The highest BCUT2D eigenvalue weighted by atomic mass is 35.5. The summed E-state index contributed by atoms with van der Waals surface area (Å²) in [7, 11) is -1.66. The van der Waals surface area contributed by atoms with Gasteiger partial charge in [0.25, 0.3) is 0 Å². The van der Waals surface area contributed by atoms with Crippen LogP contribution in [0.3, 0.4) is 0 Å². The highest BCUT2D eigenvalue weighted by molar-refractivity contribution is 7.89. The van der Waals surface area contributed by atoms with Gasteiger partial charge in [0.2, 0.25) is 10.0 Å². The first-order valence-corrected chi connectivity index (χ1v) is 10.8. The Balaban J connectivity index is 1.87. The first-order valence-electron chi connectivity index (χ1n) is 8.96. The lowest BCUT2D eigenvalue weighted by atomic mass is 10.0. The molecule has 0 aliphatic rings. The zero-order valence-electron chi connectivity index (χ0n) is 15.8. The van der Waals surface area contributed by atoms with Gasteiger partial charge in [-0.1, -0.05) is 54.1 Å². The van der Waals surface area contributed by atoms with Gasteiger partial charge in [0.15, 0.2) is 0 Å². The van der Waals surface area contributed by atoms with Crippen LogP contribution in [0, 0.1) is 6.92 Å². The lowest BCUT2D eigenvalue weighted by molar-refractivity contribution is 0.567. The van der Waals surface area contributed by atoms with Crippen molar-refractivity contribution in [3.63, 3.8) is 0 Å². The van der Waals surface area contributed by atoms with Crippen LogP contribution >= 0.6 is 11.6 Å². The van der Waals surface area contributed by atoms with Crippen molar-refractivity contribution in [2.45, 2.75) is 17.9 Å². The molecule has 146 valence electrons. The van der Waals surface area contributed by atoms with Crippen LogP contribution in [0.2, 0.25) is 5.02 Å². The maximum atomic E-state index is 12.7. The summed E-state index contributed by atoms with van der Waals surface area (Å²) in [5, 5.41) is 0.500. The van der Waals surface area contributed by atoms with Crippen LogP contribution in [0.1, 0.15) is 17.2 Å². The number of benzene rings is 3. The van der Waals surface area contributed by atoms with Gasteiger partial charge in [-0.25, -0.2) is 13.1 Å². The lowest BCUT2D eigenvalue weighted by Gasteiger charge is -2.31. The highest BCUT2D eigenvalue weighted by Crippen LogP contribution is 2.26. The molecule has 0 saturated carbocycles. The standard InChI is InChI=1S/C22H23ClN2O2S/c1-17-7-6-10-20(15-17)25(2)22(18-8-4-3-5-9-18)16-24-28(26,27)21-13-11-19(23)12-14-21/h3-15,22,24H,16H2,1-2H3/t22-/m1/s1. The van der Waals surface area contributed by atoms with Gasteiger partial charge in [-0.15, -0.1) is 0 Å². The van der Waals surface area contributed by atoms with E-state index in [1.54, 1.807) is 12.1 Å². The molecule has 0 unspecified atom stereocenters. The summed E-state index contributed by atoms with van der Waals surface area (Å²) >= 11 is 5.87. The number of rotatable bonds is 7. The second kappa shape index (κ2) is 8.78. The van der Waals surface area contributed by atoms with Gasteiger partial charge in [0, 0.05) is 24.3 Å². The largest absolute Gasteiger partial charge is 0.366 e. The Bertz CT molecular complexity index is 1020. The Morgan fingerprint density at radius 1 is 0.964 bits per heavy atom. The summed E-state index contributed by atoms with van der Waals surface area (Å²) in [5.41, 5.74) is 3.21. The molecule has 0 saturated heterocycles. The van der Waals surface area contributed by atoms with Crippen molar-refractivity contribution in [2.75, 3.05) is 18.5 Å². The molecule has 3 rings (SSSR count). The van der Waals surface area contributed by atoms with Crippen LogP contribution in [-0.2, 0) is 10.0 Å². The molecule has 1 N–H and O–H groups in total. The minimum absolute atomic E-state index is 0.162. The summed E-state index contributed by atoms with van der Waals surface area (Å²) in [5.74, 6) is 0. The molecule has 0 fully saturated rings. The van der Waals surface area contributed by atoms with Crippen LogP contribution < -0.4 is 9.62 Å². The molecule has 0 spiro atoms. The fourth-order valence-corrected chi connectivity index (χ4v) is 4.23. The SMILES string of the molecule is Cc1cccc(N(C)[C@H](CNS(=O)(=O)c2ccc(Cl)cc2)c2ccccc2)c1. The normalized spacial score (nSPS) is 12.5. The number of nitrogens with one attached hydrogen (secondary N) is 1. The number of halogens is 1. The molecule has 0 aromatic heterocycles. The molecular formula is C22H23ClN2O2S. The number of likely N-dealkylation sites (N-methyl/N-ethyl adjacent to an activating group) is 1. The van der Waals surface area contributed by atoms with E-state index in [2.05, 4.69) is 15.7 Å². The zero-order chi connectivity index (χ0) is 20.1. The molecule has 3 aromatic carbocycles. The summed E-state index contributed by atoms with van der Waals surface area (Å²) in [6.07, 6.45) is 0. The Morgan fingerprint density at radius 3 is 2.29 bits per heavy atom. The third kappa shape index (κ3) is 4.93. The third-order valence-corrected chi connectivity index (χ3v) is 6.34. The molecule has 0 aliphatic heterocycles. The van der Waals surface area contributed by atoms with Crippen molar-refractivity contribution in [1.29, 1.82) is 0 Å². The van der Waals surface area contributed by atoms with Gasteiger partial charge in [-0.05, 0) is 54.4 Å². The first kappa shape index (κ1) is 20.4. The molecule has 0 bridgehead atoms. The maximum absolute atomic E-state index is 12.7. The molecule has 0 radical (unpaired) electrons. The molecule has 0 aliphatic carbocycles. The van der Waals surface area contributed by atoms with E-state index in [9.17, 15) is 8.42 Å². The van der Waals surface area contributed by atoms with E-state index >= 15 is 0 Å². The number of nitrogens with zero attached hydrogens (tertiary/aromatic N) is 1. The van der Waals surface area contributed by atoms with Crippen molar-refractivity contribution >= 4 is 27.3 Å². The van der Waals surface area contributed by atoms with Gasteiger partial charge >= 0.3 is 0 Å². The van der Waals surface area contributed by atoms with Gasteiger partial charge in [-0.2, -0.15) is 0 Å². The molecule has 28 heavy (non-hydrogen) atoms. The minimum atomic E-state index is -3.64. The lowest BCUT2D eigenvalue weighted by Crippen LogP contribution is -2.36. The van der Waals surface area contributed by atoms with Crippen molar-refractivity contribution in [3.05, 3.63) is 95.0 Å². The summed E-state index contributed by atoms with van der Waals surface area (Å²) in [6.45, 7) is 2.28. The smallest absolute Gasteiger partial charge is 0.240 e. The van der Waals surface area contributed by atoms with E-state index in [4.69, 9.17) is 11.6 Å². The summed E-state index contributed by atoms with van der Waals surface area (Å²) < 4.78 is 28.2. The Kier molecular flexibility index (Phi) is 6.39. The van der Waals surface area contributed by atoms with Crippen LogP contribution in [0.25, 0.3) is 0 Å². The summed E-state index contributed by atoms with van der Waals surface area (Å²) in [6, 6.07) is 24.0. The zero-order valence-corrected chi connectivity index (χ0v) is 17.4. The predicted molar refractivity (Wildman–Crippen MR) is 115 cm³/mol. The number of hydrogen-bond acceptors (Lipinski definition) is 3. The van der Waals surface area contributed by atoms with Crippen molar-refractivity contribution < 1.29 is 8.42 Å². The van der Waals surface area contributed by atoms with E-state index in [-0.39, 0.29) is 17.5 Å². The van der Waals surface area contributed by atoms with Crippen molar-refractivity contribution in [1.82, 2.24) is 4.72 Å². The van der Waals surface area contributed by atoms with E-state index in [0.29, 0.717) is 5.02 Å². The average molecular weight is 415 g/mol. The van der Waals surface area contributed by atoms with E-state index in [1.807, 2.05) is 62.5 Å². The first-order chi connectivity index (χ1) is 13.4. The highest BCUT2D eigenvalue weighted by Gasteiger charge is 2.22. The monoisotopic (exact) mass is 414 g/mol. The minimum Gasteiger partial charge on any atom is -0.366 e. The van der Waals surface area contributed by atoms with Crippen LogP contribution in [0.4, 0.5) is 5.69 Å². The van der Waals surface area contributed by atoms with Gasteiger partial charge < -0.3 is 4.90 Å². The van der Waals surface area contributed by atoms with Crippen molar-refractivity contribution in [2.24, 2.45) is 0 Å². The molecule has 1 atom stereocenters. The fourth-order valence-electron chi connectivity index (χ4n) is 3.07. The third-order valence-electron chi connectivity index (χ3n) is 4.65. The number of hydrogen-bond donors (Lipinski definition) is 1. The van der Waals surface area contributed by atoms with Crippen molar-refractivity contribution in [3.8, 4) is 0 Å². The van der Waals surface area contributed by atoms with E-state index in [0.717, 1.165) is 16.8 Å². The summed E-state index contributed by atoms with van der Waals surface area (Å²) in [4.78, 5) is 2.29. The molecular weight excluding hydrogens is 392 g/mol. The van der Waals surface area contributed by atoms with Gasteiger partial charge in [0.1, 0.15) is 0 Å². The van der Waals surface area contributed by atoms with Crippen LogP contribution in [-0.4, -0.2) is 22.0 Å². The molecule has 3 aromatic rings. The number of anilines is 1. The van der Waals surface area contributed by atoms with Gasteiger partial charge in [-0.3, -0.25) is 0 Å². The topological polar surface area (TPSA) is 49.4 Å². The fraction of sp³-hybridized carbons (Fsp3) is 0.182. The Labute approximate surface area is 171 Å². The van der Waals surface area contributed by atoms with Crippen LogP contribution in [0.15, 0.2) is 83.8 Å². The second-order valence-electron chi connectivity index (χ2n) is 6.68. The quantitative estimate of drug-likeness (QED) is 0.603. The van der Waals surface area contributed by atoms with E-state index < -0.39 is 10.0 Å². The second-order valence-corrected chi connectivity index (χ2v) is 8.89.